The summed E-state index contributed by atoms with van der Waals surface area (Å²) in [5.41, 5.74) is 0. The van der Waals surface area contributed by atoms with E-state index in [1.807, 2.05) is 0 Å². The highest BCUT2D eigenvalue weighted by atomic mass is 16.6. The Hall–Kier alpha value is -1.59. The van der Waals surface area contributed by atoms with E-state index in [9.17, 15) is 14.4 Å². The van der Waals surface area contributed by atoms with Crippen molar-refractivity contribution in [2.24, 2.45) is 0 Å². The van der Waals surface area contributed by atoms with Crippen molar-refractivity contribution in [2.75, 3.05) is 13.2 Å². The maximum absolute atomic E-state index is 12.7. The van der Waals surface area contributed by atoms with Crippen molar-refractivity contribution in [1.82, 2.24) is 0 Å². The maximum atomic E-state index is 12.7. The molecular formula is C49H94O6. The lowest BCUT2D eigenvalue weighted by Crippen LogP contribution is -2.30. The Labute approximate surface area is 342 Å². The normalized spacial score (nSPS) is 11.8. The van der Waals surface area contributed by atoms with Gasteiger partial charge in [-0.3, -0.25) is 14.4 Å². The largest absolute Gasteiger partial charge is 0.462 e. The van der Waals surface area contributed by atoms with Crippen LogP contribution in [0.3, 0.4) is 0 Å². The molecule has 0 aromatic carbocycles. The van der Waals surface area contributed by atoms with Gasteiger partial charge in [-0.05, 0) is 19.3 Å². The molecule has 0 N–H and O–H groups in total. The van der Waals surface area contributed by atoms with Crippen LogP contribution in [0.25, 0.3) is 0 Å². The van der Waals surface area contributed by atoms with Crippen LogP contribution in [0.1, 0.15) is 278 Å². The molecule has 0 heterocycles. The molecule has 0 aliphatic carbocycles. The molecule has 0 aliphatic rings. The molecule has 0 amide bonds. The zero-order valence-electron chi connectivity index (χ0n) is 37.2. The smallest absolute Gasteiger partial charge is 0.306 e. The molecule has 55 heavy (non-hydrogen) atoms. The second-order valence-corrected chi connectivity index (χ2v) is 16.7. The van der Waals surface area contributed by atoms with Crippen LogP contribution in [0.4, 0.5) is 0 Å². The van der Waals surface area contributed by atoms with Crippen LogP contribution in [0, 0.1) is 0 Å². The van der Waals surface area contributed by atoms with Gasteiger partial charge < -0.3 is 14.2 Å². The minimum Gasteiger partial charge on any atom is -0.462 e. The van der Waals surface area contributed by atoms with Crippen molar-refractivity contribution in [2.45, 2.75) is 284 Å². The van der Waals surface area contributed by atoms with Gasteiger partial charge in [0.05, 0.1) is 0 Å². The number of carbonyl (C=O) groups is 3. The summed E-state index contributed by atoms with van der Waals surface area (Å²) < 4.78 is 16.7. The van der Waals surface area contributed by atoms with Gasteiger partial charge in [0, 0.05) is 19.3 Å². The van der Waals surface area contributed by atoms with Crippen molar-refractivity contribution < 1.29 is 28.6 Å². The summed E-state index contributed by atoms with van der Waals surface area (Å²) in [6, 6.07) is 0. The topological polar surface area (TPSA) is 78.9 Å². The summed E-state index contributed by atoms with van der Waals surface area (Å²) in [6.07, 6.45) is 46.5. The Morgan fingerprint density at radius 2 is 0.491 bits per heavy atom. The predicted molar refractivity (Wildman–Crippen MR) is 233 cm³/mol. The van der Waals surface area contributed by atoms with Crippen LogP contribution in [0.2, 0.25) is 0 Å². The number of esters is 3. The lowest BCUT2D eigenvalue weighted by molar-refractivity contribution is -0.167. The van der Waals surface area contributed by atoms with Crippen molar-refractivity contribution in [3.63, 3.8) is 0 Å². The Morgan fingerprint density at radius 1 is 0.291 bits per heavy atom. The van der Waals surface area contributed by atoms with E-state index in [4.69, 9.17) is 14.2 Å². The van der Waals surface area contributed by atoms with Gasteiger partial charge in [-0.1, -0.05) is 239 Å². The first kappa shape index (κ1) is 53.4. The van der Waals surface area contributed by atoms with Crippen molar-refractivity contribution >= 4 is 17.9 Å². The minimum absolute atomic E-state index is 0.0623. The summed E-state index contributed by atoms with van der Waals surface area (Å²) in [4.78, 5) is 37.8. The fraction of sp³-hybridized carbons (Fsp3) is 0.939. The molecule has 1 atom stereocenters. The van der Waals surface area contributed by atoms with Crippen molar-refractivity contribution in [1.29, 1.82) is 0 Å². The summed E-state index contributed by atoms with van der Waals surface area (Å²) in [5, 5.41) is 0. The van der Waals surface area contributed by atoms with Crippen LogP contribution < -0.4 is 0 Å². The van der Waals surface area contributed by atoms with Gasteiger partial charge in [-0.2, -0.15) is 0 Å². The molecule has 0 saturated heterocycles. The molecule has 1 unspecified atom stereocenters. The molecule has 0 rings (SSSR count). The third-order valence-corrected chi connectivity index (χ3v) is 11.1. The standard InChI is InChI=1S/C49H94O6/c1-4-7-10-13-16-19-21-23-24-26-27-30-33-36-39-42-48(51)54-45-46(44-53-47(50)41-38-35-32-29-18-15-12-9-6-3)55-49(52)43-40-37-34-31-28-25-22-20-17-14-11-8-5-2/h46H,4-45H2,1-3H3. The molecule has 6 heteroatoms. The highest BCUT2D eigenvalue weighted by molar-refractivity contribution is 5.71. The number of hydrogen-bond acceptors (Lipinski definition) is 6. The average molecular weight is 779 g/mol. The number of unbranched alkanes of at least 4 members (excludes halogenated alkanes) is 34. The van der Waals surface area contributed by atoms with E-state index in [1.54, 1.807) is 0 Å². The number of rotatable bonds is 45. The third-order valence-electron chi connectivity index (χ3n) is 11.1. The predicted octanol–water partition coefficient (Wildman–Crippen LogP) is 15.6. The van der Waals surface area contributed by atoms with E-state index in [-0.39, 0.29) is 31.1 Å². The lowest BCUT2D eigenvalue weighted by atomic mass is 10.0. The first-order valence-corrected chi connectivity index (χ1v) is 24.5. The summed E-state index contributed by atoms with van der Waals surface area (Å²) in [7, 11) is 0. The van der Waals surface area contributed by atoms with E-state index in [2.05, 4.69) is 20.8 Å². The molecule has 0 saturated carbocycles. The average Bonchev–Trinajstić information content (AvgIpc) is 3.18. The van der Waals surface area contributed by atoms with Gasteiger partial charge in [-0.25, -0.2) is 0 Å². The minimum atomic E-state index is -0.758. The van der Waals surface area contributed by atoms with Crippen LogP contribution >= 0.6 is 0 Å². The molecule has 0 bridgehead atoms. The third kappa shape index (κ3) is 43.4. The summed E-state index contributed by atoms with van der Waals surface area (Å²) in [6.45, 7) is 6.65. The van der Waals surface area contributed by atoms with Gasteiger partial charge in [0.15, 0.2) is 6.10 Å². The van der Waals surface area contributed by atoms with Gasteiger partial charge in [0.1, 0.15) is 13.2 Å². The summed E-state index contributed by atoms with van der Waals surface area (Å²) >= 11 is 0. The highest BCUT2D eigenvalue weighted by Crippen LogP contribution is 2.16. The molecule has 0 aliphatic heterocycles. The van der Waals surface area contributed by atoms with Gasteiger partial charge in [-0.15, -0.1) is 0 Å². The fourth-order valence-corrected chi connectivity index (χ4v) is 7.38. The van der Waals surface area contributed by atoms with Gasteiger partial charge >= 0.3 is 17.9 Å². The Balaban J connectivity index is 4.27. The molecule has 0 radical (unpaired) electrons. The molecule has 0 aromatic rings. The SMILES string of the molecule is CCCCCCCCCCCCCCCCCC(=O)OCC(COC(=O)CCCCCCCCCCC)OC(=O)CCCCCCCCCCCCCCC. The first-order chi connectivity index (χ1) is 27.0. The zero-order valence-corrected chi connectivity index (χ0v) is 37.2. The van der Waals surface area contributed by atoms with Gasteiger partial charge in [0.2, 0.25) is 0 Å². The van der Waals surface area contributed by atoms with Gasteiger partial charge in [0.25, 0.3) is 0 Å². The number of ether oxygens (including phenoxy) is 3. The fourth-order valence-electron chi connectivity index (χ4n) is 7.38. The van der Waals surface area contributed by atoms with Crippen molar-refractivity contribution in [3.05, 3.63) is 0 Å². The monoisotopic (exact) mass is 779 g/mol. The molecule has 326 valence electrons. The van der Waals surface area contributed by atoms with Crippen LogP contribution in [-0.4, -0.2) is 37.2 Å². The van der Waals surface area contributed by atoms with Crippen LogP contribution in [-0.2, 0) is 28.6 Å². The highest BCUT2D eigenvalue weighted by Gasteiger charge is 2.19. The Kier molecular flexibility index (Phi) is 43.8. The van der Waals surface area contributed by atoms with Crippen LogP contribution in [0.15, 0.2) is 0 Å². The molecule has 6 nitrogen and oxygen atoms in total. The Morgan fingerprint density at radius 3 is 0.727 bits per heavy atom. The van der Waals surface area contributed by atoms with E-state index < -0.39 is 6.10 Å². The maximum Gasteiger partial charge on any atom is 0.306 e. The Bertz CT molecular complexity index is 813. The van der Waals surface area contributed by atoms with E-state index in [0.29, 0.717) is 19.3 Å². The second-order valence-electron chi connectivity index (χ2n) is 16.7. The number of hydrogen-bond donors (Lipinski definition) is 0. The zero-order chi connectivity index (χ0) is 40.1. The summed E-state index contributed by atoms with van der Waals surface area (Å²) in [5.74, 6) is -0.848. The molecule has 0 spiro atoms. The second kappa shape index (κ2) is 45.1. The van der Waals surface area contributed by atoms with Crippen molar-refractivity contribution in [3.8, 4) is 0 Å². The molecular weight excluding hydrogens is 685 g/mol. The van der Waals surface area contributed by atoms with E-state index in [0.717, 1.165) is 57.8 Å². The van der Waals surface area contributed by atoms with E-state index in [1.165, 1.54) is 180 Å². The first-order valence-electron chi connectivity index (χ1n) is 24.5. The van der Waals surface area contributed by atoms with Crippen LogP contribution in [0.5, 0.6) is 0 Å². The lowest BCUT2D eigenvalue weighted by Gasteiger charge is -2.18. The van der Waals surface area contributed by atoms with E-state index >= 15 is 0 Å². The molecule has 0 aromatic heterocycles. The molecule has 0 fully saturated rings. The number of carbonyl (C=O) groups excluding carboxylic acids is 3. The quantitative estimate of drug-likeness (QED) is 0.0348.